The summed E-state index contributed by atoms with van der Waals surface area (Å²) in [5, 5.41) is 12.2. The molecule has 0 saturated carbocycles. The summed E-state index contributed by atoms with van der Waals surface area (Å²) in [5.41, 5.74) is 1.82. The zero-order chi connectivity index (χ0) is 14.8. The van der Waals surface area contributed by atoms with Crippen LogP contribution in [0.5, 0.6) is 0 Å². The third-order valence-electron chi connectivity index (χ3n) is 3.33. The van der Waals surface area contributed by atoms with E-state index in [0.717, 1.165) is 36.9 Å². The van der Waals surface area contributed by atoms with Gasteiger partial charge in [0, 0.05) is 18.7 Å². The van der Waals surface area contributed by atoms with Crippen molar-refractivity contribution in [2.24, 2.45) is 0 Å². The second-order valence-corrected chi connectivity index (χ2v) is 4.88. The fourth-order valence-electron chi connectivity index (χ4n) is 2.16. The summed E-state index contributed by atoms with van der Waals surface area (Å²) in [7, 11) is 1.91. The van der Waals surface area contributed by atoms with Crippen molar-refractivity contribution in [2.75, 3.05) is 33.3 Å². The molecule has 4 nitrogen and oxygen atoms in total. The number of hydrogen-bond acceptors (Lipinski definition) is 3. The highest BCUT2D eigenvalue weighted by Gasteiger charge is 2.17. The smallest absolute Gasteiger partial charge is 0.254 e. The number of carbonyl (C=O) groups is 1. The highest BCUT2D eigenvalue weighted by Crippen LogP contribution is 2.13. The third-order valence-corrected chi connectivity index (χ3v) is 3.33. The molecule has 0 aliphatic rings. The van der Waals surface area contributed by atoms with Crippen LogP contribution in [0.2, 0.25) is 0 Å². The first-order valence-corrected chi connectivity index (χ1v) is 7.37. The maximum absolute atomic E-state index is 12.6. The Hall–Kier alpha value is -1.39. The van der Waals surface area contributed by atoms with Crippen LogP contribution in [-0.4, -0.2) is 49.2 Å². The van der Waals surface area contributed by atoms with Crippen molar-refractivity contribution >= 4 is 5.91 Å². The van der Waals surface area contributed by atoms with E-state index < -0.39 is 0 Å². The molecule has 0 aliphatic heterocycles. The number of amides is 1. The summed E-state index contributed by atoms with van der Waals surface area (Å²) in [6, 6.07) is 7.74. The van der Waals surface area contributed by atoms with Crippen LogP contribution in [0.1, 0.15) is 35.7 Å². The van der Waals surface area contributed by atoms with Crippen LogP contribution in [0.25, 0.3) is 0 Å². The van der Waals surface area contributed by atoms with E-state index in [4.69, 9.17) is 5.11 Å². The maximum atomic E-state index is 12.6. The number of benzene rings is 1. The maximum Gasteiger partial charge on any atom is 0.254 e. The minimum Gasteiger partial charge on any atom is -0.395 e. The van der Waals surface area contributed by atoms with Crippen LogP contribution in [0.4, 0.5) is 0 Å². The number of hydrogen-bond donors (Lipinski definition) is 2. The van der Waals surface area contributed by atoms with Gasteiger partial charge in [0.15, 0.2) is 0 Å². The molecule has 4 heteroatoms. The van der Waals surface area contributed by atoms with Crippen LogP contribution >= 0.6 is 0 Å². The highest BCUT2D eigenvalue weighted by molar-refractivity contribution is 5.95. The standard InChI is InChI=1S/C16H26N2O2/c1-3-4-11-18(12-13-19)16(20)15-8-6-5-7-14(15)9-10-17-2/h5-8,17,19H,3-4,9-13H2,1-2H3. The van der Waals surface area contributed by atoms with E-state index >= 15 is 0 Å². The molecule has 0 bridgehead atoms. The van der Waals surface area contributed by atoms with Crippen molar-refractivity contribution in [1.29, 1.82) is 0 Å². The molecule has 1 amide bonds. The second-order valence-electron chi connectivity index (χ2n) is 4.88. The van der Waals surface area contributed by atoms with Gasteiger partial charge >= 0.3 is 0 Å². The Kier molecular flexibility index (Phi) is 7.92. The molecule has 0 fully saturated rings. The average Bonchev–Trinajstić information content (AvgIpc) is 2.49. The lowest BCUT2D eigenvalue weighted by Gasteiger charge is -2.23. The Morgan fingerprint density at radius 1 is 1.30 bits per heavy atom. The van der Waals surface area contributed by atoms with Gasteiger partial charge in [-0.3, -0.25) is 4.79 Å². The number of unbranched alkanes of at least 4 members (excludes halogenated alkanes) is 1. The lowest BCUT2D eigenvalue weighted by Crippen LogP contribution is -2.35. The van der Waals surface area contributed by atoms with Crippen LogP contribution in [-0.2, 0) is 6.42 Å². The molecule has 0 spiro atoms. The molecule has 0 atom stereocenters. The first-order valence-electron chi connectivity index (χ1n) is 7.37. The van der Waals surface area contributed by atoms with Crippen molar-refractivity contribution in [1.82, 2.24) is 10.2 Å². The summed E-state index contributed by atoms with van der Waals surface area (Å²) in [4.78, 5) is 14.4. The first kappa shape index (κ1) is 16.7. The summed E-state index contributed by atoms with van der Waals surface area (Å²) in [5.74, 6) is 0.0270. The minimum absolute atomic E-state index is 0.00807. The molecule has 0 unspecified atom stereocenters. The minimum atomic E-state index is 0.00807. The summed E-state index contributed by atoms with van der Waals surface area (Å²) in [6.45, 7) is 4.06. The number of aliphatic hydroxyl groups excluding tert-OH is 1. The predicted molar refractivity (Wildman–Crippen MR) is 82.0 cm³/mol. The van der Waals surface area contributed by atoms with Gasteiger partial charge < -0.3 is 15.3 Å². The van der Waals surface area contributed by atoms with Gasteiger partial charge in [0.05, 0.1) is 6.61 Å². The monoisotopic (exact) mass is 278 g/mol. The molecule has 1 aromatic rings. The van der Waals surface area contributed by atoms with Gasteiger partial charge in [0.2, 0.25) is 0 Å². The molecular weight excluding hydrogens is 252 g/mol. The largest absolute Gasteiger partial charge is 0.395 e. The van der Waals surface area contributed by atoms with Gasteiger partial charge in [-0.05, 0) is 38.1 Å². The fraction of sp³-hybridized carbons (Fsp3) is 0.562. The topological polar surface area (TPSA) is 52.6 Å². The van der Waals surface area contributed by atoms with E-state index in [2.05, 4.69) is 12.2 Å². The Balaban J connectivity index is 2.86. The van der Waals surface area contributed by atoms with Crippen molar-refractivity contribution in [3.8, 4) is 0 Å². The second kappa shape index (κ2) is 9.50. The zero-order valence-electron chi connectivity index (χ0n) is 12.6. The van der Waals surface area contributed by atoms with Gasteiger partial charge in [-0.15, -0.1) is 0 Å². The Bertz CT molecular complexity index is 407. The van der Waals surface area contributed by atoms with Crippen molar-refractivity contribution in [3.63, 3.8) is 0 Å². The van der Waals surface area contributed by atoms with E-state index in [9.17, 15) is 4.79 Å². The molecule has 0 heterocycles. The first-order chi connectivity index (χ1) is 9.74. The van der Waals surface area contributed by atoms with E-state index in [1.165, 1.54) is 0 Å². The molecule has 2 N–H and O–H groups in total. The van der Waals surface area contributed by atoms with Crippen molar-refractivity contribution in [3.05, 3.63) is 35.4 Å². The number of rotatable bonds is 9. The van der Waals surface area contributed by atoms with E-state index in [0.29, 0.717) is 13.1 Å². The zero-order valence-corrected chi connectivity index (χ0v) is 12.6. The Morgan fingerprint density at radius 3 is 2.70 bits per heavy atom. The molecule has 20 heavy (non-hydrogen) atoms. The van der Waals surface area contributed by atoms with E-state index in [-0.39, 0.29) is 12.5 Å². The number of nitrogens with one attached hydrogen (secondary N) is 1. The average molecular weight is 278 g/mol. The van der Waals surface area contributed by atoms with Crippen LogP contribution in [0, 0.1) is 0 Å². The third kappa shape index (κ3) is 4.94. The number of nitrogens with zero attached hydrogens (tertiary/aromatic N) is 1. The lowest BCUT2D eigenvalue weighted by atomic mass is 10.0. The van der Waals surface area contributed by atoms with E-state index in [1.807, 2.05) is 31.3 Å². The fourth-order valence-corrected chi connectivity index (χ4v) is 2.16. The van der Waals surface area contributed by atoms with Crippen LogP contribution in [0.15, 0.2) is 24.3 Å². The van der Waals surface area contributed by atoms with Crippen LogP contribution < -0.4 is 5.32 Å². The highest BCUT2D eigenvalue weighted by atomic mass is 16.3. The molecular formula is C16H26N2O2. The van der Waals surface area contributed by atoms with Gasteiger partial charge in [0.1, 0.15) is 0 Å². The van der Waals surface area contributed by atoms with Gasteiger partial charge in [-0.2, -0.15) is 0 Å². The predicted octanol–water partition coefficient (Wildman–Crippen LogP) is 1.68. The summed E-state index contributed by atoms with van der Waals surface area (Å²) < 4.78 is 0. The molecule has 0 aliphatic carbocycles. The lowest BCUT2D eigenvalue weighted by molar-refractivity contribution is 0.0718. The number of likely N-dealkylation sites (N-methyl/N-ethyl adjacent to an activating group) is 1. The molecule has 1 rings (SSSR count). The Labute approximate surface area is 121 Å². The Morgan fingerprint density at radius 2 is 2.05 bits per heavy atom. The number of aliphatic hydroxyl groups is 1. The van der Waals surface area contributed by atoms with E-state index in [1.54, 1.807) is 4.90 Å². The quantitative estimate of drug-likeness (QED) is 0.722. The summed E-state index contributed by atoms with van der Waals surface area (Å²) >= 11 is 0. The van der Waals surface area contributed by atoms with Gasteiger partial charge in [-0.25, -0.2) is 0 Å². The molecule has 0 radical (unpaired) electrons. The summed E-state index contributed by atoms with van der Waals surface area (Å²) in [6.07, 6.45) is 2.83. The molecule has 0 saturated heterocycles. The molecule has 112 valence electrons. The van der Waals surface area contributed by atoms with Gasteiger partial charge in [0.25, 0.3) is 5.91 Å². The van der Waals surface area contributed by atoms with Gasteiger partial charge in [-0.1, -0.05) is 31.5 Å². The van der Waals surface area contributed by atoms with Crippen LogP contribution in [0.3, 0.4) is 0 Å². The normalized spacial score (nSPS) is 10.6. The molecule has 0 aromatic heterocycles. The molecule has 1 aromatic carbocycles. The number of carbonyl (C=O) groups excluding carboxylic acids is 1. The SMILES string of the molecule is CCCCN(CCO)C(=O)c1ccccc1CCNC. The van der Waals surface area contributed by atoms with Crippen molar-refractivity contribution in [2.45, 2.75) is 26.2 Å². The van der Waals surface area contributed by atoms with Crippen molar-refractivity contribution < 1.29 is 9.90 Å².